The first-order valence-electron chi connectivity index (χ1n) is 7.89. The van der Waals surface area contributed by atoms with Crippen LogP contribution in [0.5, 0.6) is 5.88 Å². The molecule has 0 atom stereocenters. The second kappa shape index (κ2) is 6.64. The van der Waals surface area contributed by atoms with Gasteiger partial charge in [0.25, 0.3) is 0 Å². The Morgan fingerprint density at radius 3 is 2.64 bits per heavy atom. The highest BCUT2D eigenvalue weighted by Gasteiger charge is 2.23. The van der Waals surface area contributed by atoms with Crippen LogP contribution in [0.4, 0.5) is 11.8 Å². The van der Waals surface area contributed by atoms with E-state index in [1.807, 2.05) is 6.07 Å². The predicted molar refractivity (Wildman–Crippen MR) is 91.6 cm³/mol. The van der Waals surface area contributed by atoms with Crippen LogP contribution >= 0.6 is 12.2 Å². The van der Waals surface area contributed by atoms with Crippen molar-refractivity contribution in [2.45, 2.75) is 38.6 Å². The lowest BCUT2D eigenvalue weighted by Crippen LogP contribution is -2.34. The first-order chi connectivity index (χ1) is 10.6. The van der Waals surface area contributed by atoms with Crippen molar-refractivity contribution in [2.75, 3.05) is 30.4 Å². The van der Waals surface area contributed by atoms with Gasteiger partial charge in [-0.05, 0) is 43.8 Å². The molecule has 0 amide bonds. The quantitative estimate of drug-likeness (QED) is 0.824. The zero-order chi connectivity index (χ0) is 15.5. The minimum Gasteiger partial charge on any atom is -0.481 e. The summed E-state index contributed by atoms with van der Waals surface area (Å²) in [6, 6.07) is 2.40. The van der Waals surface area contributed by atoms with Crippen LogP contribution in [0.3, 0.4) is 0 Å². The monoisotopic (exact) mass is 321 g/mol. The first-order valence-corrected chi connectivity index (χ1v) is 8.30. The summed E-state index contributed by atoms with van der Waals surface area (Å²) in [6.45, 7) is 4.34. The minimum absolute atomic E-state index is 0.492. The van der Waals surface area contributed by atoms with Crippen LogP contribution in [-0.2, 0) is 0 Å². The number of methoxy groups -OCH3 is 1. The average Bonchev–Trinajstić information content (AvgIpc) is 3.31. The van der Waals surface area contributed by atoms with Gasteiger partial charge in [-0.3, -0.25) is 0 Å². The Labute approximate surface area is 136 Å². The number of piperidine rings is 1. The Bertz CT molecular complexity index is 541. The van der Waals surface area contributed by atoms with Crippen LogP contribution in [0.1, 0.15) is 32.6 Å². The SMILES string of the molecule is COc1cc(N2CCC(C)CC2)nc(NC(=S)NC2CC2)n1. The molecule has 0 bridgehead atoms. The fraction of sp³-hybridized carbons (Fsp3) is 0.667. The smallest absolute Gasteiger partial charge is 0.234 e. The van der Waals surface area contributed by atoms with E-state index in [4.69, 9.17) is 17.0 Å². The van der Waals surface area contributed by atoms with E-state index in [1.54, 1.807) is 7.11 Å². The number of hydrogen-bond donors (Lipinski definition) is 2. The molecule has 1 aliphatic heterocycles. The summed E-state index contributed by atoms with van der Waals surface area (Å²) in [7, 11) is 1.62. The van der Waals surface area contributed by atoms with E-state index in [2.05, 4.69) is 32.4 Å². The van der Waals surface area contributed by atoms with Crippen molar-refractivity contribution in [2.24, 2.45) is 5.92 Å². The molecule has 7 heteroatoms. The maximum Gasteiger partial charge on any atom is 0.234 e. The Hall–Kier alpha value is -1.63. The molecule has 0 spiro atoms. The second-order valence-electron chi connectivity index (χ2n) is 6.13. The number of ether oxygens (including phenoxy) is 1. The summed E-state index contributed by atoms with van der Waals surface area (Å²) in [4.78, 5) is 11.2. The van der Waals surface area contributed by atoms with Crippen LogP contribution in [0.2, 0.25) is 0 Å². The number of nitrogens with zero attached hydrogens (tertiary/aromatic N) is 3. The predicted octanol–water partition coefficient (Wildman–Crippen LogP) is 2.17. The molecule has 1 saturated heterocycles. The molecule has 2 N–H and O–H groups in total. The Morgan fingerprint density at radius 2 is 2.00 bits per heavy atom. The van der Waals surface area contributed by atoms with Gasteiger partial charge in [-0.2, -0.15) is 9.97 Å². The van der Waals surface area contributed by atoms with Gasteiger partial charge in [0.2, 0.25) is 11.8 Å². The molecule has 1 aliphatic carbocycles. The van der Waals surface area contributed by atoms with Gasteiger partial charge in [-0.25, -0.2) is 0 Å². The van der Waals surface area contributed by atoms with Gasteiger partial charge in [0, 0.05) is 25.2 Å². The zero-order valence-corrected chi connectivity index (χ0v) is 13.9. The Morgan fingerprint density at radius 1 is 1.27 bits per heavy atom. The molecule has 1 aromatic rings. The summed E-state index contributed by atoms with van der Waals surface area (Å²) in [5, 5.41) is 6.88. The number of aromatic nitrogens is 2. The van der Waals surface area contributed by atoms with Crippen molar-refractivity contribution >= 4 is 29.1 Å². The number of anilines is 2. The molecule has 2 aliphatic rings. The summed E-state index contributed by atoms with van der Waals surface area (Å²) in [6.07, 6.45) is 4.74. The van der Waals surface area contributed by atoms with Gasteiger partial charge in [0.1, 0.15) is 5.82 Å². The summed E-state index contributed by atoms with van der Waals surface area (Å²) >= 11 is 5.29. The first kappa shape index (κ1) is 15.3. The minimum atomic E-state index is 0.492. The molecule has 3 rings (SSSR count). The third-order valence-corrected chi connectivity index (χ3v) is 4.36. The van der Waals surface area contributed by atoms with E-state index in [0.29, 0.717) is 23.0 Å². The molecule has 2 fully saturated rings. The van der Waals surface area contributed by atoms with Crippen molar-refractivity contribution in [3.63, 3.8) is 0 Å². The van der Waals surface area contributed by atoms with Crippen molar-refractivity contribution in [3.05, 3.63) is 6.07 Å². The fourth-order valence-electron chi connectivity index (χ4n) is 2.52. The standard InChI is InChI=1S/C15H23N5OS/c1-10-5-7-20(8-6-10)12-9-13(21-2)18-14(17-12)19-15(22)16-11-3-4-11/h9-11H,3-8H2,1-2H3,(H2,16,17,18,19,22). The molecule has 120 valence electrons. The molecule has 2 heterocycles. The lowest BCUT2D eigenvalue weighted by molar-refractivity contribution is 0.396. The number of nitrogens with one attached hydrogen (secondary N) is 2. The molecule has 22 heavy (non-hydrogen) atoms. The highest BCUT2D eigenvalue weighted by molar-refractivity contribution is 7.80. The largest absolute Gasteiger partial charge is 0.481 e. The van der Waals surface area contributed by atoms with E-state index in [0.717, 1.165) is 24.8 Å². The van der Waals surface area contributed by atoms with Crippen LogP contribution in [0.15, 0.2) is 6.07 Å². The number of thiocarbonyl (C=S) groups is 1. The van der Waals surface area contributed by atoms with Gasteiger partial charge in [-0.1, -0.05) is 6.92 Å². The van der Waals surface area contributed by atoms with Crippen LogP contribution in [0.25, 0.3) is 0 Å². The topological polar surface area (TPSA) is 62.3 Å². The summed E-state index contributed by atoms with van der Waals surface area (Å²) in [5.74, 6) is 2.73. The average molecular weight is 321 g/mol. The van der Waals surface area contributed by atoms with Gasteiger partial charge in [0.05, 0.1) is 7.11 Å². The van der Waals surface area contributed by atoms with Crippen molar-refractivity contribution < 1.29 is 4.74 Å². The lowest BCUT2D eigenvalue weighted by Gasteiger charge is -2.31. The molecule has 6 nitrogen and oxygen atoms in total. The zero-order valence-electron chi connectivity index (χ0n) is 13.1. The normalized spacial score (nSPS) is 18.9. The number of rotatable bonds is 4. The van der Waals surface area contributed by atoms with Crippen LogP contribution in [0, 0.1) is 5.92 Å². The molecule has 0 aromatic carbocycles. The summed E-state index contributed by atoms with van der Waals surface area (Å²) in [5.41, 5.74) is 0. The molecule has 1 aromatic heterocycles. The van der Waals surface area contributed by atoms with Gasteiger partial charge >= 0.3 is 0 Å². The lowest BCUT2D eigenvalue weighted by atomic mass is 9.99. The van der Waals surface area contributed by atoms with Crippen LogP contribution in [-0.4, -0.2) is 41.3 Å². The fourth-order valence-corrected chi connectivity index (χ4v) is 2.78. The van der Waals surface area contributed by atoms with Crippen LogP contribution < -0.4 is 20.3 Å². The van der Waals surface area contributed by atoms with E-state index >= 15 is 0 Å². The van der Waals surface area contributed by atoms with Crippen molar-refractivity contribution in [1.82, 2.24) is 15.3 Å². The van der Waals surface area contributed by atoms with E-state index < -0.39 is 0 Å². The van der Waals surface area contributed by atoms with Gasteiger partial charge in [-0.15, -0.1) is 0 Å². The molecule has 0 radical (unpaired) electrons. The Balaban J connectivity index is 1.72. The highest BCUT2D eigenvalue weighted by atomic mass is 32.1. The van der Waals surface area contributed by atoms with Crippen molar-refractivity contribution in [1.29, 1.82) is 0 Å². The van der Waals surface area contributed by atoms with Gasteiger partial charge < -0.3 is 20.3 Å². The Kier molecular flexibility index (Phi) is 4.61. The van der Waals surface area contributed by atoms with E-state index in [9.17, 15) is 0 Å². The maximum atomic E-state index is 5.30. The highest BCUT2D eigenvalue weighted by Crippen LogP contribution is 2.25. The molecular weight excluding hydrogens is 298 g/mol. The van der Waals surface area contributed by atoms with Gasteiger partial charge in [0.15, 0.2) is 5.11 Å². The third-order valence-electron chi connectivity index (χ3n) is 4.14. The van der Waals surface area contributed by atoms with Crippen molar-refractivity contribution in [3.8, 4) is 5.88 Å². The van der Waals surface area contributed by atoms with E-state index in [-0.39, 0.29) is 0 Å². The number of hydrogen-bond acceptors (Lipinski definition) is 5. The molecule has 1 saturated carbocycles. The summed E-state index contributed by atoms with van der Waals surface area (Å²) < 4.78 is 5.30. The molecule has 0 unspecified atom stereocenters. The van der Waals surface area contributed by atoms with E-state index in [1.165, 1.54) is 25.7 Å². The third kappa shape index (κ3) is 3.97. The maximum absolute atomic E-state index is 5.30. The second-order valence-corrected chi connectivity index (χ2v) is 6.54. The molecular formula is C15H23N5OS.